The lowest BCUT2D eigenvalue weighted by atomic mass is 10.1. The fourth-order valence-electron chi connectivity index (χ4n) is 3.93. The first-order chi connectivity index (χ1) is 16.3. The van der Waals surface area contributed by atoms with Crippen LogP contribution in [-0.4, -0.2) is 61.8 Å². The number of anilines is 1. The summed E-state index contributed by atoms with van der Waals surface area (Å²) in [6, 6.07) is 6.27. The maximum Gasteiger partial charge on any atom is 0.341 e. The summed E-state index contributed by atoms with van der Waals surface area (Å²) in [4.78, 5) is 36.9. The molecule has 9 nitrogen and oxygen atoms in total. The number of nitrogens with zero attached hydrogens (tertiary/aromatic N) is 5. The summed E-state index contributed by atoms with van der Waals surface area (Å²) in [7, 11) is 0. The van der Waals surface area contributed by atoms with Crippen LogP contribution < -0.4 is 15.6 Å². The van der Waals surface area contributed by atoms with Crippen molar-refractivity contribution in [2.24, 2.45) is 0 Å². The van der Waals surface area contributed by atoms with E-state index in [2.05, 4.69) is 20.2 Å². The zero-order valence-electron chi connectivity index (χ0n) is 18.9. The molecule has 178 valence electrons. The second-order valence-corrected chi connectivity index (χ2v) is 8.45. The minimum atomic E-state index is -1.27. The van der Waals surface area contributed by atoms with E-state index in [1.807, 2.05) is 18.7 Å². The molecule has 0 bridgehead atoms. The number of hydrogen-bond acceptors (Lipinski definition) is 6. The van der Waals surface area contributed by atoms with Crippen LogP contribution in [0.15, 0.2) is 41.5 Å². The van der Waals surface area contributed by atoms with E-state index in [1.54, 1.807) is 16.7 Å². The monoisotopic (exact) mass is 484 g/mol. The summed E-state index contributed by atoms with van der Waals surface area (Å²) in [6.45, 7) is 6.86. The van der Waals surface area contributed by atoms with Crippen LogP contribution in [0.2, 0.25) is 0 Å². The molecule has 1 aliphatic heterocycles. The predicted molar refractivity (Wildman–Crippen MR) is 131 cm³/mol. The lowest BCUT2D eigenvalue weighted by Gasteiger charge is -2.37. The van der Waals surface area contributed by atoms with E-state index >= 15 is 0 Å². The first kappa shape index (κ1) is 23.6. The Labute approximate surface area is 200 Å². The number of aromatic carboxylic acids is 1. The molecule has 2 aromatic heterocycles. The lowest BCUT2D eigenvalue weighted by Crippen LogP contribution is -2.52. The Morgan fingerprint density at radius 1 is 1.24 bits per heavy atom. The molecule has 3 aromatic rings. The third-order valence-corrected chi connectivity index (χ3v) is 6.31. The number of hydrogen-bond donors (Lipinski definition) is 2. The smallest absolute Gasteiger partial charge is 0.341 e. The molecule has 34 heavy (non-hydrogen) atoms. The largest absolute Gasteiger partial charge is 0.477 e. The number of nitrogens with one attached hydrogen (secondary N) is 1. The number of aromatic nitrogens is 3. The molecule has 1 atom stereocenters. The van der Waals surface area contributed by atoms with Gasteiger partial charge in [-0.25, -0.2) is 14.2 Å². The molecule has 3 heterocycles. The van der Waals surface area contributed by atoms with Crippen LogP contribution in [0.5, 0.6) is 0 Å². The van der Waals surface area contributed by atoms with E-state index in [0.29, 0.717) is 49.4 Å². The number of halogens is 1. The molecule has 0 amide bonds. The Morgan fingerprint density at radius 3 is 2.53 bits per heavy atom. The Bertz CT molecular complexity index is 1290. The van der Waals surface area contributed by atoms with Gasteiger partial charge in [0.15, 0.2) is 5.11 Å². The Hall–Kier alpha value is -3.60. The molecule has 1 aromatic carbocycles. The summed E-state index contributed by atoms with van der Waals surface area (Å²) in [5.74, 6) is -1.06. The first-order valence-corrected chi connectivity index (χ1v) is 11.4. The molecular formula is C23H25FN6O3S. The molecule has 11 heteroatoms. The molecular weight excluding hydrogens is 459 g/mol. The number of carboxylic acids is 1. The Balaban J connectivity index is 1.45. The number of carboxylic acid groups (broad SMARTS) is 1. The van der Waals surface area contributed by atoms with Crippen LogP contribution in [0.4, 0.5) is 10.3 Å². The van der Waals surface area contributed by atoms with Crippen LogP contribution >= 0.6 is 12.2 Å². The van der Waals surface area contributed by atoms with Gasteiger partial charge in [0.05, 0.1) is 11.4 Å². The topological polar surface area (TPSA) is 104 Å². The summed E-state index contributed by atoms with van der Waals surface area (Å²) in [5.41, 5.74) is 0.473. The zero-order chi connectivity index (χ0) is 24.4. The molecule has 1 aliphatic rings. The average molecular weight is 485 g/mol. The molecule has 0 aliphatic carbocycles. The van der Waals surface area contributed by atoms with Crippen molar-refractivity contribution >= 4 is 40.3 Å². The van der Waals surface area contributed by atoms with Crippen molar-refractivity contribution in [3.8, 4) is 0 Å². The van der Waals surface area contributed by atoms with Crippen molar-refractivity contribution in [1.82, 2.24) is 24.8 Å². The van der Waals surface area contributed by atoms with Crippen LogP contribution in [0.25, 0.3) is 11.0 Å². The molecule has 0 spiro atoms. The molecule has 0 unspecified atom stereocenters. The molecule has 2 N–H and O–H groups in total. The van der Waals surface area contributed by atoms with E-state index in [-0.39, 0.29) is 22.8 Å². The molecule has 0 radical (unpaired) electrons. The second-order valence-electron chi connectivity index (χ2n) is 8.07. The van der Waals surface area contributed by atoms with Gasteiger partial charge in [0.25, 0.3) is 0 Å². The fraction of sp³-hybridized carbons (Fsp3) is 0.348. The van der Waals surface area contributed by atoms with Crippen LogP contribution in [0.1, 0.15) is 35.8 Å². The highest BCUT2D eigenvalue weighted by Crippen LogP contribution is 2.17. The van der Waals surface area contributed by atoms with Crippen molar-refractivity contribution in [3.63, 3.8) is 0 Å². The molecule has 1 saturated heterocycles. The van der Waals surface area contributed by atoms with Crippen LogP contribution in [0, 0.1) is 5.82 Å². The van der Waals surface area contributed by atoms with Crippen LogP contribution in [-0.2, 0) is 6.54 Å². The predicted octanol–water partition coefficient (Wildman–Crippen LogP) is 2.41. The highest BCUT2D eigenvalue weighted by atomic mass is 32.1. The Morgan fingerprint density at radius 2 is 1.91 bits per heavy atom. The number of benzene rings is 1. The minimum absolute atomic E-state index is 0.0589. The highest BCUT2D eigenvalue weighted by molar-refractivity contribution is 7.80. The van der Waals surface area contributed by atoms with Crippen molar-refractivity contribution in [3.05, 3.63) is 63.8 Å². The Kier molecular flexibility index (Phi) is 6.73. The van der Waals surface area contributed by atoms with E-state index in [9.17, 15) is 19.1 Å². The number of pyridine rings is 1. The number of thiocarbonyl (C=S) groups is 1. The second kappa shape index (κ2) is 9.72. The molecule has 0 saturated carbocycles. The summed E-state index contributed by atoms with van der Waals surface area (Å²) in [6.07, 6.45) is 2.73. The van der Waals surface area contributed by atoms with Crippen molar-refractivity contribution in [1.29, 1.82) is 0 Å². The van der Waals surface area contributed by atoms with Crippen molar-refractivity contribution in [2.45, 2.75) is 26.4 Å². The average Bonchev–Trinajstić information content (AvgIpc) is 2.84. The highest BCUT2D eigenvalue weighted by Gasteiger charge is 2.23. The quantitative estimate of drug-likeness (QED) is 0.529. The van der Waals surface area contributed by atoms with Gasteiger partial charge in [-0.2, -0.15) is 4.98 Å². The minimum Gasteiger partial charge on any atom is -0.477 e. The summed E-state index contributed by atoms with van der Waals surface area (Å²) < 4.78 is 14.8. The van der Waals surface area contributed by atoms with E-state index in [4.69, 9.17) is 12.2 Å². The normalized spacial score (nSPS) is 14.8. The fourth-order valence-corrected chi connectivity index (χ4v) is 4.29. The third kappa shape index (κ3) is 4.69. The zero-order valence-corrected chi connectivity index (χ0v) is 19.7. The summed E-state index contributed by atoms with van der Waals surface area (Å²) >= 11 is 5.58. The number of aryl methyl sites for hydroxylation is 1. The molecule has 4 rings (SSSR count). The number of fused-ring (bicyclic) bond motifs is 1. The van der Waals surface area contributed by atoms with Gasteiger partial charge in [0.2, 0.25) is 11.4 Å². The number of piperazine rings is 1. The van der Waals surface area contributed by atoms with Gasteiger partial charge in [-0.05, 0) is 43.8 Å². The van der Waals surface area contributed by atoms with Gasteiger partial charge in [-0.3, -0.25) is 4.79 Å². The summed E-state index contributed by atoms with van der Waals surface area (Å²) in [5, 5.41) is 13.4. The van der Waals surface area contributed by atoms with Gasteiger partial charge < -0.3 is 24.8 Å². The van der Waals surface area contributed by atoms with Gasteiger partial charge in [0.1, 0.15) is 17.0 Å². The maximum atomic E-state index is 13.2. The lowest BCUT2D eigenvalue weighted by molar-refractivity contribution is 0.0695. The van der Waals surface area contributed by atoms with Crippen molar-refractivity contribution in [2.75, 3.05) is 31.1 Å². The van der Waals surface area contributed by atoms with E-state index < -0.39 is 11.4 Å². The van der Waals surface area contributed by atoms with E-state index in [1.165, 1.54) is 24.5 Å². The maximum absolute atomic E-state index is 13.2. The van der Waals surface area contributed by atoms with Crippen LogP contribution in [0.3, 0.4) is 0 Å². The SMILES string of the molecule is CCn1cc(C(=O)O)c(=O)c2cnc(N3CCN(C(=S)N[C@@H](C)c4ccc(F)cc4)CC3)nc21. The van der Waals surface area contributed by atoms with Gasteiger partial charge in [-0.15, -0.1) is 0 Å². The van der Waals surface area contributed by atoms with Gasteiger partial charge >= 0.3 is 5.97 Å². The number of rotatable bonds is 5. The van der Waals surface area contributed by atoms with E-state index in [0.717, 1.165) is 5.56 Å². The van der Waals surface area contributed by atoms with Crippen molar-refractivity contribution < 1.29 is 14.3 Å². The first-order valence-electron chi connectivity index (χ1n) is 11.0. The standard InChI is InChI=1S/C23H25FN6O3S/c1-3-28-13-18(21(32)33)19(31)17-12-25-22(27-20(17)28)29-8-10-30(11-9-29)23(34)26-14(2)15-4-6-16(24)7-5-15/h4-7,12-14H,3,8-11H2,1-2H3,(H,26,34)(H,32,33)/t14-/m0/s1. The van der Waals surface area contributed by atoms with Gasteiger partial charge in [0, 0.05) is 45.1 Å². The van der Waals surface area contributed by atoms with Gasteiger partial charge in [-0.1, -0.05) is 12.1 Å². The molecule has 1 fully saturated rings. The number of carbonyl (C=O) groups is 1. The third-order valence-electron chi connectivity index (χ3n) is 5.93.